The molecule has 5 nitrogen and oxygen atoms in total. The minimum absolute atomic E-state index is 0. The summed E-state index contributed by atoms with van der Waals surface area (Å²) < 4.78 is 0. The van der Waals surface area contributed by atoms with Gasteiger partial charge in [-0.3, -0.25) is 10.1 Å². The lowest BCUT2D eigenvalue weighted by Crippen LogP contribution is -2.47. The van der Waals surface area contributed by atoms with E-state index in [4.69, 9.17) is 0 Å². The summed E-state index contributed by atoms with van der Waals surface area (Å²) in [4.78, 5) is 13.1. The van der Waals surface area contributed by atoms with Crippen LogP contribution in [0.2, 0.25) is 0 Å². The second-order valence-corrected chi connectivity index (χ2v) is 5.67. The zero-order valence-corrected chi connectivity index (χ0v) is 12.0. The SMILES string of the molecule is Cc1ccc(N2CCCCC2(C)C)c([N+](=O)[O-])c1.N. The molecule has 1 fully saturated rings. The zero-order valence-electron chi connectivity index (χ0n) is 12.0. The topological polar surface area (TPSA) is 81.4 Å². The number of benzene rings is 1. The van der Waals surface area contributed by atoms with Gasteiger partial charge in [-0.1, -0.05) is 6.07 Å². The third kappa shape index (κ3) is 3.04. The van der Waals surface area contributed by atoms with E-state index in [2.05, 4.69) is 18.7 Å². The molecule has 19 heavy (non-hydrogen) atoms. The Morgan fingerprint density at radius 3 is 2.58 bits per heavy atom. The standard InChI is InChI=1S/C14H20N2O2.H3N/c1-11-6-7-12(13(10-11)16(17)18)15-9-5-4-8-14(15,2)3;/h6-7,10H,4-5,8-9H2,1-3H3;1H3. The molecule has 1 heterocycles. The van der Waals surface area contributed by atoms with Gasteiger partial charge in [0, 0.05) is 18.2 Å². The predicted octanol–water partition coefficient (Wildman–Crippen LogP) is 3.83. The first-order chi connectivity index (χ1) is 8.42. The number of hydrogen-bond acceptors (Lipinski definition) is 4. The van der Waals surface area contributed by atoms with Crippen LogP contribution in [0.4, 0.5) is 11.4 Å². The monoisotopic (exact) mass is 265 g/mol. The van der Waals surface area contributed by atoms with E-state index >= 15 is 0 Å². The lowest BCUT2D eigenvalue weighted by Gasteiger charge is -2.43. The van der Waals surface area contributed by atoms with Gasteiger partial charge in [0.25, 0.3) is 5.69 Å². The lowest BCUT2D eigenvalue weighted by molar-refractivity contribution is -0.384. The van der Waals surface area contributed by atoms with Crippen LogP contribution in [0.3, 0.4) is 0 Å². The molecule has 106 valence electrons. The van der Waals surface area contributed by atoms with Gasteiger partial charge in [0.2, 0.25) is 0 Å². The van der Waals surface area contributed by atoms with Gasteiger partial charge in [-0.15, -0.1) is 0 Å². The quantitative estimate of drug-likeness (QED) is 0.650. The molecule has 0 atom stereocenters. The fourth-order valence-corrected chi connectivity index (χ4v) is 2.72. The van der Waals surface area contributed by atoms with Gasteiger partial charge < -0.3 is 11.1 Å². The third-order valence-electron chi connectivity index (χ3n) is 3.77. The zero-order chi connectivity index (χ0) is 13.3. The highest BCUT2D eigenvalue weighted by Crippen LogP contribution is 2.37. The summed E-state index contributed by atoms with van der Waals surface area (Å²) in [5, 5.41) is 11.2. The van der Waals surface area contributed by atoms with Crippen molar-refractivity contribution in [3.05, 3.63) is 33.9 Å². The van der Waals surface area contributed by atoms with Crippen molar-refractivity contribution >= 4 is 11.4 Å². The van der Waals surface area contributed by atoms with Crippen molar-refractivity contribution in [3.8, 4) is 0 Å². The molecule has 1 aliphatic rings. The molecule has 1 aliphatic heterocycles. The molecule has 0 spiro atoms. The molecule has 0 amide bonds. The van der Waals surface area contributed by atoms with Crippen molar-refractivity contribution in [2.45, 2.75) is 45.6 Å². The molecule has 0 unspecified atom stereocenters. The van der Waals surface area contributed by atoms with Crippen molar-refractivity contribution in [3.63, 3.8) is 0 Å². The first-order valence-electron chi connectivity index (χ1n) is 6.44. The number of piperidine rings is 1. The molecule has 5 heteroatoms. The summed E-state index contributed by atoms with van der Waals surface area (Å²) in [6.07, 6.45) is 3.38. The Labute approximate surface area is 114 Å². The molecule has 0 radical (unpaired) electrons. The maximum absolute atomic E-state index is 11.2. The molecular formula is C14H23N3O2. The highest BCUT2D eigenvalue weighted by atomic mass is 16.6. The fourth-order valence-electron chi connectivity index (χ4n) is 2.72. The second kappa shape index (κ2) is 5.57. The van der Waals surface area contributed by atoms with Crippen molar-refractivity contribution in [2.24, 2.45) is 0 Å². The Kier molecular flexibility index (Phi) is 4.52. The summed E-state index contributed by atoms with van der Waals surface area (Å²) in [5.74, 6) is 0. The van der Waals surface area contributed by atoms with Crippen LogP contribution in [0.25, 0.3) is 0 Å². The number of nitrogens with zero attached hydrogens (tertiary/aromatic N) is 2. The van der Waals surface area contributed by atoms with Crippen LogP contribution in [0.5, 0.6) is 0 Å². The third-order valence-corrected chi connectivity index (χ3v) is 3.77. The Morgan fingerprint density at radius 2 is 2.00 bits per heavy atom. The van der Waals surface area contributed by atoms with Crippen molar-refractivity contribution < 1.29 is 4.92 Å². The van der Waals surface area contributed by atoms with Crippen molar-refractivity contribution in [2.75, 3.05) is 11.4 Å². The van der Waals surface area contributed by atoms with Gasteiger partial charge in [0.05, 0.1) is 4.92 Å². The Balaban J connectivity index is 0.00000180. The van der Waals surface area contributed by atoms with Crippen LogP contribution in [-0.4, -0.2) is 17.0 Å². The highest BCUT2D eigenvalue weighted by molar-refractivity contribution is 5.65. The lowest BCUT2D eigenvalue weighted by atomic mass is 9.89. The Bertz CT molecular complexity index is 472. The van der Waals surface area contributed by atoms with E-state index < -0.39 is 0 Å². The number of anilines is 1. The van der Waals surface area contributed by atoms with Crippen LogP contribution < -0.4 is 11.1 Å². The van der Waals surface area contributed by atoms with E-state index in [0.717, 1.165) is 30.6 Å². The molecular weight excluding hydrogens is 242 g/mol. The summed E-state index contributed by atoms with van der Waals surface area (Å²) in [5.41, 5.74) is 1.92. The fraction of sp³-hybridized carbons (Fsp3) is 0.571. The maximum Gasteiger partial charge on any atom is 0.292 e. The van der Waals surface area contributed by atoms with E-state index in [1.807, 2.05) is 19.1 Å². The van der Waals surface area contributed by atoms with Gasteiger partial charge in [0.1, 0.15) is 5.69 Å². The molecule has 3 N–H and O–H groups in total. The van der Waals surface area contributed by atoms with Gasteiger partial charge in [-0.2, -0.15) is 0 Å². The van der Waals surface area contributed by atoms with Crippen LogP contribution in [0.1, 0.15) is 38.7 Å². The van der Waals surface area contributed by atoms with E-state index in [1.54, 1.807) is 6.07 Å². The molecule has 0 saturated carbocycles. The number of hydrogen-bond donors (Lipinski definition) is 1. The van der Waals surface area contributed by atoms with Gasteiger partial charge in [-0.05, 0) is 51.7 Å². The van der Waals surface area contributed by atoms with E-state index in [-0.39, 0.29) is 22.3 Å². The maximum atomic E-state index is 11.2. The first-order valence-corrected chi connectivity index (χ1v) is 6.44. The van der Waals surface area contributed by atoms with Crippen molar-refractivity contribution in [1.29, 1.82) is 0 Å². The summed E-state index contributed by atoms with van der Waals surface area (Å²) in [6.45, 7) is 7.11. The summed E-state index contributed by atoms with van der Waals surface area (Å²) >= 11 is 0. The largest absolute Gasteiger partial charge is 0.361 e. The van der Waals surface area contributed by atoms with Crippen LogP contribution in [0, 0.1) is 17.0 Å². The van der Waals surface area contributed by atoms with Gasteiger partial charge in [-0.25, -0.2) is 0 Å². The normalized spacial score (nSPS) is 17.7. The van der Waals surface area contributed by atoms with E-state index in [0.29, 0.717) is 0 Å². The molecule has 2 rings (SSSR count). The Hall–Kier alpha value is -1.62. The molecule has 0 bridgehead atoms. The minimum Gasteiger partial charge on any atom is -0.361 e. The number of rotatable bonds is 2. The Morgan fingerprint density at radius 1 is 1.32 bits per heavy atom. The average Bonchev–Trinajstić information content (AvgIpc) is 2.29. The molecule has 0 aliphatic carbocycles. The smallest absolute Gasteiger partial charge is 0.292 e. The number of nitro benzene ring substituents is 1. The average molecular weight is 265 g/mol. The highest BCUT2D eigenvalue weighted by Gasteiger charge is 2.33. The number of aryl methyl sites for hydroxylation is 1. The van der Waals surface area contributed by atoms with Crippen molar-refractivity contribution in [1.82, 2.24) is 6.15 Å². The predicted molar refractivity (Wildman–Crippen MR) is 78.1 cm³/mol. The van der Waals surface area contributed by atoms with E-state index in [9.17, 15) is 10.1 Å². The first kappa shape index (κ1) is 15.4. The van der Waals surface area contributed by atoms with Crippen LogP contribution >= 0.6 is 0 Å². The number of nitro groups is 1. The van der Waals surface area contributed by atoms with E-state index in [1.165, 1.54) is 6.42 Å². The molecule has 0 aromatic heterocycles. The van der Waals surface area contributed by atoms with Crippen LogP contribution in [-0.2, 0) is 0 Å². The second-order valence-electron chi connectivity index (χ2n) is 5.67. The van der Waals surface area contributed by atoms with Gasteiger partial charge >= 0.3 is 0 Å². The van der Waals surface area contributed by atoms with Crippen LogP contribution in [0.15, 0.2) is 18.2 Å². The van der Waals surface area contributed by atoms with Gasteiger partial charge in [0.15, 0.2) is 0 Å². The molecule has 1 aromatic carbocycles. The minimum atomic E-state index is -0.271. The molecule has 1 saturated heterocycles. The summed E-state index contributed by atoms with van der Waals surface area (Å²) in [6, 6.07) is 5.51. The summed E-state index contributed by atoms with van der Waals surface area (Å²) in [7, 11) is 0. The molecule has 1 aromatic rings.